The van der Waals surface area contributed by atoms with E-state index in [0.717, 1.165) is 38.6 Å². The van der Waals surface area contributed by atoms with Crippen molar-refractivity contribution in [1.29, 1.82) is 0 Å². The third kappa shape index (κ3) is 9.69. The summed E-state index contributed by atoms with van der Waals surface area (Å²) < 4.78 is 0. The first-order valence-corrected chi connectivity index (χ1v) is 6.49. The molecule has 0 saturated heterocycles. The monoisotopic (exact) mass is 227 g/mol. The second-order valence-corrected chi connectivity index (χ2v) is 4.16. The zero-order valence-electron chi connectivity index (χ0n) is 10.7. The summed E-state index contributed by atoms with van der Waals surface area (Å²) >= 11 is 0. The Morgan fingerprint density at radius 3 is 2.12 bits per heavy atom. The van der Waals surface area contributed by atoms with E-state index in [2.05, 4.69) is 5.32 Å². The molecule has 3 heteroatoms. The lowest BCUT2D eigenvalue weighted by atomic mass is 10.1. The van der Waals surface area contributed by atoms with Gasteiger partial charge in [0.05, 0.1) is 0 Å². The number of Topliss-reactive ketones (excluding diaryl/α,β-unsaturated/α-hetero) is 1. The highest BCUT2D eigenvalue weighted by atomic mass is 16.1. The Morgan fingerprint density at radius 1 is 0.938 bits per heavy atom. The SMILES string of the molecule is CCCNC(=O)CCCCCCC(=O)CC. The molecule has 16 heavy (non-hydrogen) atoms. The summed E-state index contributed by atoms with van der Waals surface area (Å²) in [5.41, 5.74) is 0. The molecule has 1 amide bonds. The van der Waals surface area contributed by atoms with E-state index in [4.69, 9.17) is 0 Å². The van der Waals surface area contributed by atoms with Crippen LogP contribution in [-0.2, 0) is 9.59 Å². The molecule has 0 fully saturated rings. The van der Waals surface area contributed by atoms with Gasteiger partial charge in [0.1, 0.15) is 5.78 Å². The number of amides is 1. The van der Waals surface area contributed by atoms with Crippen molar-refractivity contribution in [2.45, 2.75) is 65.2 Å². The lowest BCUT2D eigenvalue weighted by Gasteiger charge is -2.03. The number of hydrogen-bond donors (Lipinski definition) is 1. The first-order valence-electron chi connectivity index (χ1n) is 6.49. The minimum atomic E-state index is 0.159. The molecule has 0 aliphatic heterocycles. The quantitative estimate of drug-likeness (QED) is 0.583. The highest BCUT2D eigenvalue weighted by molar-refractivity contribution is 5.77. The fourth-order valence-electron chi connectivity index (χ4n) is 1.49. The van der Waals surface area contributed by atoms with Gasteiger partial charge in [-0.1, -0.05) is 26.7 Å². The van der Waals surface area contributed by atoms with E-state index < -0.39 is 0 Å². The van der Waals surface area contributed by atoms with Crippen LogP contribution in [0.5, 0.6) is 0 Å². The van der Waals surface area contributed by atoms with Gasteiger partial charge in [0.15, 0.2) is 0 Å². The molecule has 0 aliphatic carbocycles. The van der Waals surface area contributed by atoms with Gasteiger partial charge >= 0.3 is 0 Å². The Morgan fingerprint density at radius 2 is 1.56 bits per heavy atom. The topological polar surface area (TPSA) is 46.2 Å². The number of hydrogen-bond acceptors (Lipinski definition) is 2. The molecule has 0 aromatic heterocycles. The highest BCUT2D eigenvalue weighted by Crippen LogP contribution is 2.06. The zero-order chi connectivity index (χ0) is 12.2. The van der Waals surface area contributed by atoms with Crippen LogP contribution < -0.4 is 5.32 Å². The predicted octanol–water partition coefficient (Wildman–Crippen LogP) is 2.83. The third-order valence-corrected chi connectivity index (χ3v) is 2.58. The Bertz CT molecular complexity index is 202. The van der Waals surface area contributed by atoms with Crippen molar-refractivity contribution in [2.75, 3.05) is 6.54 Å². The lowest BCUT2D eigenvalue weighted by Crippen LogP contribution is -2.23. The largest absolute Gasteiger partial charge is 0.356 e. The van der Waals surface area contributed by atoms with Crippen LogP contribution in [0, 0.1) is 0 Å². The van der Waals surface area contributed by atoms with Gasteiger partial charge in [0, 0.05) is 25.8 Å². The van der Waals surface area contributed by atoms with E-state index in [1.165, 1.54) is 0 Å². The first-order chi connectivity index (χ1) is 7.70. The van der Waals surface area contributed by atoms with Crippen LogP contribution in [0.3, 0.4) is 0 Å². The molecule has 0 bridgehead atoms. The maximum Gasteiger partial charge on any atom is 0.219 e. The van der Waals surface area contributed by atoms with Crippen LogP contribution in [0.4, 0.5) is 0 Å². The van der Waals surface area contributed by atoms with E-state index in [0.29, 0.717) is 25.0 Å². The summed E-state index contributed by atoms with van der Waals surface area (Å²) in [7, 11) is 0. The van der Waals surface area contributed by atoms with Gasteiger partial charge in [-0.05, 0) is 19.3 Å². The van der Waals surface area contributed by atoms with Crippen LogP contribution in [0.1, 0.15) is 65.2 Å². The van der Waals surface area contributed by atoms with Gasteiger partial charge in [-0.25, -0.2) is 0 Å². The van der Waals surface area contributed by atoms with E-state index in [1.54, 1.807) is 0 Å². The van der Waals surface area contributed by atoms with Gasteiger partial charge in [-0.15, -0.1) is 0 Å². The van der Waals surface area contributed by atoms with Crippen molar-refractivity contribution in [1.82, 2.24) is 5.32 Å². The van der Waals surface area contributed by atoms with E-state index in [1.807, 2.05) is 13.8 Å². The van der Waals surface area contributed by atoms with Crippen LogP contribution in [0.25, 0.3) is 0 Å². The van der Waals surface area contributed by atoms with Crippen LogP contribution in [-0.4, -0.2) is 18.2 Å². The summed E-state index contributed by atoms with van der Waals surface area (Å²) in [6, 6.07) is 0. The molecule has 94 valence electrons. The van der Waals surface area contributed by atoms with Gasteiger partial charge in [-0.2, -0.15) is 0 Å². The third-order valence-electron chi connectivity index (χ3n) is 2.58. The van der Waals surface area contributed by atoms with Gasteiger partial charge < -0.3 is 5.32 Å². The van der Waals surface area contributed by atoms with Crippen molar-refractivity contribution >= 4 is 11.7 Å². The molecule has 0 atom stereocenters. The van der Waals surface area contributed by atoms with Crippen molar-refractivity contribution in [3.05, 3.63) is 0 Å². The fourth-order valence-corrected chi connectivity index (χ4v) is 1.49. The Kier molecular flexibility index (Phi) is 10.1. The van der Waals surface area contributed by atoms with Crippen molar-refractivity contribution < 1.29 is 9.59 Å². The standard InChI is InChI=1S/C13H25NO2/c1-3-11-14-13(16)10-8-6-5-7-9-12(15)4-2/h3-11H2,1-2H3,(H,14,16). The van der Waals surface area contributed by atoms with Crippen molar-refractivity contribution in [3.63, 3.8) is 0 Å². The van der Waals surface area contributed by atoms with Gasteiger partial charge in [0.25, 0.3) is 0 Å². The number of unbranched alkanes of at least 4 members (excludes halogenated alkanes) is 3. The van der Waals surface area contributed by atoms with Crippen molar-refractivity contribution in [3.8, 4) is 0 Å². The zero-order valence-corrected chi connectivity index (χ0v) is 10.7. The molecular weight excluding hydrogens is 202 g/mol. The molecule has 0 unspecified atom stereocenters. The molecule has 0 spiro atoms. The molecule has 0 aromatic rings. The summed E-state index contributed by atoms with van der Waals surface area (Å²) in [5, 5.41) is 2.86. The normalized spacial score (nSPS) is 10.1. The van der Waals surface area contributed by atoms with Crippen molar-refractivity contribution in [2.24, 2.45) is 0 Å². The number of carbonyl (C=O) groups excluding carboxylic acids is 2. The molecule has 0 aliphatic rings. The molecule has 0 heterocycles. The summed E-state index contributed by atoms with van der Waals surface area (Å²) in [6.07, 6.45) is 7.01. The van der Waals surface area contributed by atoms with E-state index >= 15 is 0 Å². The number of ketones is 1. The maximum atomic E-state index is 11.2. The van der Waals surface area contributed by atoms with Crippen LogP contribution in [0.15, 0.2) is 0 Å². The molecule has 1 N–H and O–H groups in total. The highest BCUT2D eigenvalue weighted by Gasteiger charge is 2.00. The molecule has 0 saturated carbocycles. The molecule has 0 radical (unpaired) electrons. The minimum absolute atomic E-state index is 0.159. The second-order valence-electron chi connectivity index (χ2n) is 4.16. The summed E-state index contributed by atoms with van der Waals surface area (Å²) in [6.45, 7) is 4.73. The molecule has 0 aromatic carbocycles. The van der Waals surface area contributed by atoms with Gasteiger partial charge in [0.2, 0.25) is 5.91 Å². The Labute approximate surface area is 99.0 Å². The van der Waals surface area contributed by atoms with Crippen LogP contribution in [0.2, 0.25) is 0 Å². The molecule has 0 rings (SSSR count). The molecular formula is C13H25NO2. The molecule has 3 nitrogen and oxygen atoms in total. The average molecular weight is 227 g/mol. The lowest BCUT2D eigenvalue weighted by molar-refractivity contribution is -0.121. The second kappa shape index (κ2) is 10.7. The Balaban J connectivity index is 3.20. The first kappa shape index (κ1) is 15.1. The Hall–Kier alpha value is -0.860. The van der Waals surface area contributed by atoms with E-state index in [-0.39, 0.29) is 5.91 Å². The summed E-state index contributed by atoms with van der Waals surface area (Å²) in [4.78, 5) is 22.2. The minimum Gasteiger partial charge on any atom is -0.356 e. The summed E-state index contributed by atoms with van der Waals surface area (Å²) in [5.74, 6) is 0.507. The van der Waals surface area contributed by atoms with E-state index in [9.17, 15) is 9.59 Å². The number of rotatable bonds is 10. The average Bonchev–Trinajstić information content (AvgIpc) is 2.30. The maximum absolute atomic E-state index is 11.2. The van der Waals surface area contributed by atoms with Crippen LogP contribution >= 0.6 is 0 Å². The number of nitrogens with one attached hydrogen (secondary N) is 1. The smallest absolute Gasteiger partial charge is 0.219 e. The van der Waals surface area contributed by atoms with Gasteiger partial charge in [-0.3, -0.25) is 9.59 Å². The fraction of sp³-hybridized carbons (Fsp3) is 0.846. The number of carbonyl (C=O) groups is 2. The predicted molar refractivity (Wildman–Crippen MR) is 66.3 cm³/mol.